The lowest BCUT2D eigenvalue weighted by molar-refractivity contribution is 0.765. The first-order valence-corrected chi connectivity index (χ1v) is 6.00. The summed E-state index contributed by atoms with van der Waals surface area (Å²) < 4.78 is 1.79. The smallest absolute Gasteiger partial charge is 0.131 e. The summed E-state index contributed by atoms with van der Waals surface area (Å²) in [5, 5.41) is 10.6. The third kappa shape index (κ3) is 2.97. The van der Waals surface area contributed by atoms with Gasteiger partial charge < -0.3 is 10.6 Å². The lowest BCUT2D eigenvalue weighted by Crippen LogP contribution is -2.08. The van der Waals surface area contributed by atoms with Crippen LogP contribution in [-0.4, -0.2) is 26.3 Å². The molecule has 6 heteroatoms. The third-order valence-electron chi connectivity index (χ3n) is 2.61. The Morgan fingerprint density at radius 1 is 1.33 bits per heavy atom. The molecule has 2 heterocycles. The highest BCUT2D eigenvalue weighted by atomic mass is 15.2. The summed E-state index contributed by atoms with van der Waals surface area (Å²) in [6.07, 6.45) is 5.39. The number of aryl methyl sites for hydroxylation is 1. The van der Waals surface area contributed by atoms with Gasteiger partial charge in [-0.25, -0.2) is 9.97 Å². The van der Waals surface area contributed by atoms with Crippen LogP contribution in [0.1, 0.15) is 25.5 Å². The minimum Gasteiger partial charge on any atom is -0.370 e. The molecule has 0 saturated heterocycles. The molecule has 6 nitrogen and oxygen atoms in total. The predicted molar refractivity (Wildman–Crippen MR) is 71.4 cm³/mol. The van der Waals surface area contributed by atoms with Crippen molar-refractivity contribution in [3.63, 3.8) is 0 Å². The molecule has 0 amide bonds. The van der Waals surface area contributed by atoms with Crippen molar-refractivity contribution in [3.8, 4) is 0 Å². The maximum absolute atomic E-state index is 4.20. The fraction of sp³-hybridized carbons (Fsp3) is 0.417. The van der Waals surface area contributed by atoms with E-state index >= 15 is 0 Å². The van der Waals surface area contributed by atoms with Gasteiger partial charge in [-0.1, -0.05) is 0 Å². The van der Waals surface area contributed by atoms with Gasteiger partial charge in [0.25, 0.3) is 0 Å². The summed E-state index contributed by atoms with van der Waals surface area (Å²) in [7, 11) is 1.91. The van der Waals surface area contributed by atoms with Gasteiger partial charge in [0.05, 0.1) is 12.2 Å². The molecule has 1 unspecified atom stereocenters. The molecule has 2 aromatic rings. The monoisotopic (exact) mass is 246 g/mol. The van der Waals surface area contributed by atoms with E-state index in [0.29, 0.717) is 0 Å². The number of hydrogen-bond acceptors (Lipinski definition) is 5. The zero-order valence-electron chi connectivity index (χ0n) is 10.9. The van der Waals surface area contributed by atoms with Gasteiger partial charge in [-0.2, -0.15) is 5.10 Å². The van der Waals surface area contributed by atoms with Crippen LogP contribution in [0.15, 0.2) is 24.8 Å². The minimum atomic E-state index is 0.156. The van der Waals surface area contributed by atoms with Crippen LogP contribution in [-0.2, 0) is 7.05 Å². The Bertz CT molecular complexity index is 507. The van der Waals surface area contributed by atoms with E-state index in [2.05, 4.69) is 32.6 Å². The maximum atomic E-state index is 4.20. The van der Waals surface area contributed by atoms with Gasteiger partial charge in [-0.15, -0.1) is 0 Å². The SMILES string of the molecule is CCNc1cc(NC(C)c2cnn(C)c2)ncn1. The fourth-order valence-electron chi connectivity index (χ4n) is 1.68. The van der Waals surface area contributed by atoms with Crippen LogP contribution in [0.3, 0.4) is 0 Å². The maximum Gasteiger partial charge on any atom is 0.131 e. The van der Waals surface area contributed by atoms with E-state index in [1.54, 1.807) is 11.0 Å². The van der Waals surface area contributed by atoms with Crippen molar-refractivity contribution in [2.75, 3.05) is 17.2 Å². The molecule has 2 rings (SSSR count). The van der Waals surface area contributed by atoms with E-state index in [4.69, 9.17) is 0 Å². The highest BCUT2D eigenvalue weighted by molar-refractivity contribution is 5.47. The first-order valence-electron chi connectivity index (χ1n) is 6.00. The molecule has 0 aliphatic heterocycles. The van der Waals surface area contributed by atoms with Crippen molar-refractivity contribution in [1.82, 2.24) is 19.7 Å². The van der Waals surface area contributed by atoms with Gasteiger partial charge in [0.15, 0.2) is 0 Å². The van der Waals surface area contributed by atoms with Gasteiger partial charge in [0.1, 0.15) is 18.0 Å². The molecule has 2 aromatic heterocycles. The van der Waals surface area contributed by atoms with Gasteiger partial charge in [-0.3, -0.25) is 4.68 Å². The molecule has 0 spiro atoms. The minimum absolute atomic E-state index is 0.156. The molecule has 2 N–H and O–H groups in total. The highest BCUT2D eigenvalue weighted by Crippen LogP contribution is 2.17. The first-order chi connectivity index (χ1) is 8.69. The summed E-state index contributed by atoms with van der Waals surface area (Å²) in [4.78, 5) is 8.34. The molecule has 0 aliphatic rings. The Hall–Kier alpha value is -2.11. The summed E-state index contributed by atoms with van der Waals surface area (Å²) in [6.45, 7) is 4.95. The predicted octanol–water partition coefficient (Wildman–Crippen LogP) is 1.81. The lowest BCUT2D eigenvalue weighted by Gasteiger charge is -2.13. The number of anilines is 2. The number of rotatable bonds is 5. The van der Waals surface area contributed by atoms with E-state index < -0.39 is 0 Å². The molecule has 0 radical (unpaired) electrons. The summed E-state index contributed by atoms with van der Waals surface area (Å²) in [6, 6.07) is 2.05. The third-order valence-corrected chi connectivity index (χ3v) is 2.61. The average Bonchev–Trinajstić information content (AvgIpc) is 2.77. The summed E-state index contributed by atoms with van der Waals surface area (Å²) in [5.41, 5.74) is 1.13. The van der Waals surface area contributed by atoms with Crippen LogP contribution >= 0.6 is 0 Å². The second-order valence-electron chi connectivity index (χ2n) is 4.13. The Kier molecular flexibility index (Phi) is 3.76. The Balaban J connectivity index is 2.06. The Morgan fingerprint density at radius 2 is 2.11 bits per heavy atom. The molecular weight excluding hydrogens is 228 g/mol. The zero-order valence-corrected chi connectivity index (χ0v) is 10.9. The van der Waals surface area contributed by atoms with Crippen LogP contribution in [0.4, 0.5) is 11.6 Å². The second-order valence-corrected chi connectivity index (χ2v) is 4.13. The molecule has 0 bridgehead atoms. The topological polar surface area (TPSA) is 67.7 Å². The van der Waals surface area contributed by atoms with Gasteiger partial charge >= 0.3 is 0 Å². The van der Waals surface area contributed by atoms with E-state index in [-0.39, 0.29) is 6.04 Å². The van der Waals surface area contributed by atoms with Crippen molar-refractivity contribution < 1.29 is 0 Å². The Morgan fingerprint density at radius 3 is 2.78 bits per heavy atom. The molecule has 1 atom stereocenters. The largest absolute Gasteiger partial charge is 0.370 e. The standard InChI is InChI=1S/C12H18N6/c1-4-13-11-5-12(15-8-14-11)17-9(2)10-6-16-18(3)7-10/h5-9H,4H2,1-3H3,(H2,13,14,15,17). The Labute approximate surface area is 106 Å². The number of nitrogens with zero attached hydrogens (tertiary/aromatic N) is 4. The van der Waals surface area contributed by atoms with Crippen LogP contribution in [0.25, 0.3) is 0 Å². The van der Waals surface area contributed by atoms with Crippen molar-refractivity contribution >= 4 is 11.6 Å². The molecule has 0 fully saturated rings. The van der Waals surface area contributed by atoms with E-state index in [9.17, 15) is 0 Å². The first kappa shape index (κ1) is 12.3. The van der Waals surface area contributed by atoms with Crippen molar-refractivity contribution in [2.45, 2.75) is 19.9 Å². The number of aromatic nitrogens is 4. The fourth-order valence-corrected chi connectivity index (χ4v) is 1.68. The lowest BCUT2D eigenvalue weighted by atomic mass is 10.2. The van der Waals surface area contributed by atoms with Gasteiger partial charge in [0, 0.05) is 31.4 Å². The van der Waals surface area contributed by atoms with Crippen molar-refractivity contribution in [3.05, 3.63) is 30.4 Å². The molecular formula is C12H18N6. The zero-order chi connectivity index (χ0) is 13.0. The molecule has 0 aromatic carbocycles. The van der Waals surface area contributed by atoms with Gasteiger partial charge in [-0.05, 0) is 13.8 Å². The van der Waals surface area contributed by atoms with E-state index in [0.717, 1.165) is 23.7 Å². The number of nitrogens with one attached hydrogen (secondary N) is 2. The summed E-state index contributed by atoms with van der Waals surface area (Å²) >= 11 is 0. The normalized spacial score (nSPS) is 12.2. The van der Waals surface area contributed by atoms with Crippen molar-refractivity contribution in [1.29, 1.82) is 0 Å². The number of hydrogen-bond donors (Lipinski definition) is 2. The molecule has 18 heavy (non-hydrogen) atoms. The van der Waals surface area contributed by atoms with Crippen LogP contribution < -0.4 is 10.6 Å². The second kappa shape index (κ2) is 5.48. The van der Waals surface area contributed by atoms with Crippen LogP contribution in [0.5, 0.6) is 0 Å². The van der Waals surface area contributed by atoms with Crippen LogP contribution in [0.2, 0.25) is 0 Å². The summed E-state index contributed by atoms with van der Waals surface area (Å²) in [5.74, 6) is 1.63. The quantitative estimate of drug-likeness (QED) is 0.842. The van der Waals surface area contributed by atoms with E-state index in [1.165, 1.54) is 0 Å². The molecule has 96 valence electrons. The van der Waals surface area contributed by atoms with Crippen LogP contribution in [0, 0.1) is 0 Å². The highest BCUT2D eigenvalue weighted by Gasteiger charge is 2.08. The van der Waals surface area contributed by atoms with E-state index in [1.807, 2.05) is 32.4 Å². The molecule has 0 saturated carbocycles. The van der Waals surface area contributed by atoms with Gasteiger partial charge in [0.2, 0.25) is 0 Å². The van der Waals surface area contributed by atoms with Crippen molar-refractivity contribution in [2.24, 2.45) is 7.05 Å². The average molecular weight is 246 g/mol. The molecule has 0 aliphatic carbocycles.